The molecule has 0 spiro atoms. The van der Waals surface area contributed by atoms with Crippen molar-refractivity contribution in [2.24, 2.45) is 5.92 Å². The van der Waals surface area contributed by atoms with Gasteiger partial charge in [0, 0.05) is 18.7 Å². The van der Waals surface area contributed by atoms with Gasteiger partial charge in [-0.2, -0.15) is 0 Å². The van der Waals surface area contributed by atoms with Crippen LogP contribution in [0.1, 0.15) is 13.3 Å². The van der Waals surface area contributed by atoms with E-state index in [-0.39, 0.29) is 18.8 Å². The third kappa shape index (κ3) is 3.50. The van der Waals surface area contributed by atoms with Crippen molar-refractivity contribution < 1.29 is 25.2 Å². The summed E-state index contributed by atoms with van der Waals surface area (Å²) in [7, 11) is 0. The van der Waals surface area contributed by atoms with Crippen molar-refractivity contribution in [2.45, 2.75) is 37.7 Å². The molecule has 0 heterocycles. The van der Waals surface area contributed by atoms with Crippen molar-refractivity contribution >= 4 is 5.78 Å². The van der Waals surface area contributed by atoms with Crippen molar-refractivity contribution in [3.05, 3.63) is 12.3 Å². The molecule has 0 aromatic heterocycles. The van der Waals surface area contributed by atoms with Gasteiger partial charge in [0.15, 0.2) is 5.78 Å². The van der Waals surface area contributed by atoms with E-state index in [2.05, 4.69) is 5.32 Å². The van der Waals surface area contributed by atoms with Gasteiger partial charge in [0.2, 0.25) is 0 Å². The first kappa shape index (κ1) is 14.1. The molecule has 1 aliphatic carbocycles. The second kappa shape index (κ2) is 6.11. The molecule has 6 nitrogen and oxygen atoms in total. The molecule has 0 bridgehead atoms. The molecule has 1 saturated carbocycles. The lowest BCUT2D eigenvalue weighted by Crippen LogP contribution is -2.59. The Kier molecular flexibility index (Phi) is 5.07. The maximum Gasteiger partial charge on any atom is 0.154 e. The zero-order valence-electron chi connectivity index (χ0n) is 9.65. The quantitative estimate of drug-likeness (QED) is 0.372. The summed E-state index contributed by atoms with van der Waals surface area (Å²) in [6.45, 7) is 1.09. The van der Waals surface area contributed by atoms with Gasteiger partial charge in [0.05, 0.1) is 18.2 Å². The number of nitrogens with one attached hydrogen (secondary N) is 1. The number of aliphatic hydroxyl groups is 4. The van der Waals surface area contributed by atoms with Crippen molar-refractivity contribution in [1.82, 2.24) is 5.32 Å². The van der Waals surface area contributed by atoms with Crippen LogP contribution in [0.4, 0.5) is 0 Å². The first-order chi connectivity index (χ1) is 7.97. The van der Waals surface area contributed by atoms with Gasteiger partial charge in [-0.3, -0.25) is 4.79 Å². The summed E-state index contributed by atoms with van der Waals surface area (Å²) in [5.41, 5.74) is 0. The van der Waals surface area contributed by atoms with Crippen molar-refractivity contribution in [3.8, 4) is 0 Å². The van der Waals surface area contributed by atoms with Crippen LogP contribution in [-0.2, 0) is 4.79 Å². The van der Waals surface area contributed by atoms with Crippen LogP contribution in [0.3, 0.4) is 0 Å². The van der Waals surface area contributed by atoms with Gasteiger partial charge in [-0.25, -0.2) is 0 Å². The largest absolute Gasteiger partial charge is 0.396 e. The molecular weight excluding hydrogens is 226 g/mol. The van der Waals surface area contributed by atoms with Crippen molar-refractivity contribution in [2.75, 3.05) is 6.61 Å². The molecule has 0 aromatic rings. The van der Waals surface area contributed by atoms with E-state index in [1.165, 1.54) is 19.2 Å². The summed E-state index contributed by atoms with van der Waals surface area (Å²) in [6.07, 6.45) is -0.364. The summed E-state index contributed by atoms with van der Waals surface area (Å²) >= 11 is 0. The second-order valence-corrected chi connectivity index (χ2v) is 4.36. The number of hydrogen-bond donors (Lipinski definition) is 5. The molecule has 5 N–H and O–H groups in total. The zero-order chi connectivity index (χ0) is 13.0. The predicted octanol–water partition coefficient (Wildman–Crippen LogP) is -1.86. The zero-order valence-corrected chi connectivity index (χ0v) is 9.65. The number of hydrogen-bond acceptors (Lipinski definition) is 6. The highest BCUT2D eigenvalue weighted by Gasteiger charge is 2.41. The Morgan fingerprint density at radius 2 is 2.00 bits per heavy atom. The fraction of sp³-hybridized carbons (Fsp3) is 0.727. The maximum atomic E-state index is 10.7. The van der Waals surface area contributed by atoms with Crippen LogP contribution in [0.5, 0.6) is 0 Å². The van der Waals surface area contributed by atoms with E-state index < -0.39 is 30.3 Å². The third-order valence-electron chi connectivity index (χ3n) is 3.00. The van der Waals surface area contributed by atoms with Gasteiger partial charge in [0.1, 0.15) is 6.10 Å². The minimum absolute atomic E-state index is 0.161. The van der Waals surface area contributed by atoms with Crippen LogP contribution < -0.4 is 5.32 Å². The number of aliphatic hydroxyl groups excluding tert-OH is 4. The normalized spacial score (nSPS) is 38.3. The van der Waals surface area contributed by atoms with Crippen LogP contribution in [0, 0.1) is 5.92 Å². The highest BCUT2D eigenvalue weighted by Crippen LogP contribution is 2.25. The molecule has 0 aliphatic heterocycles. The monoisotopic (exact) mass is 245 g/mol. The Hall–Kier alpha value is -0.950. The minimum atomic E-state index is -1.19. The lowest BCUT2D eigenvalue weighted by atomic mass is 9.80. The van der Waals surface area contributed by atoms with Crippen LogP contribution in [0.2, 0.25) is 0 Å². The number of ketones is 1. The van der Waals surface area contributed by atoms with Crippen molar-refractivity contribution in [3.63, 3.8) is 0 Å². The number of carbonyl (C=O) groups is 1. The molecular formula is C11H19NO5. The first-order valence-electron chi connectivity index (χ1n) is 5.55. The Morgan fingerprint density at radius 1 is 1.35 bits per heavy atom. The Bertz CT molecular complexity index is 294. The summed E-state index contributed by atoms with van der Waals surface area (Å²) < 4.78 is 0. The predicted molar refractivity (Wildman–Crippen MR) is 60.0 cm³/mol. The minimum Gasteiger partial charge on any atom is -0.396 e. The van der Waals surface area contributed by atoms with Gasteiger partial charge < -0.3 is 25.7 Å². The summed E-state index contributed by atoms with van der Waals surface area (Å²) in [5.74, 6) is -0.694. The second-order valence-electron chi connectivity index (χ2n) is 4.36. The van der Waals surface area contributed by atoms with E-state index >= 15 is 0 Å². The molecule has 1 rings (SSSR count). The average Bonchev–Trinajstić information content (AvgIpc) is 2.27. The third-order valence-corrected chi connectivity index (χ3v) is 3.00. The van der Waals surface area contributed by atoms with Gasteiger partial charge in [0.25, 0.3) is 0 Å². The highest BCUT2D eigenvalue weighted by molar-refractivity contribution is 5.87. The molecule has 0 amide bonds. The van der Waals surface area contributed by atoms with Gasteiger partial charge in [-0.05, 0) is 19.4 Å². The SMILES string of the molecule is CC(=O)/C=C\N[C@H]1C(O)C[C@H](CO)[C@@H](O)[C@@H]1O. The molecule has 0 saturated heterocycles. The standard InChI is InChI=1S/C11H19NO5/c1-6(14)2-3-12-9-8(15)4-7(5-13)10(16)11(9)17/h2-3,7-13,15-17H,4-5H2,1H3/b3-2-/t7-,8?,9+,10-,11-/m1/s1. The molecule has 5 atom stereocenters. The number of carbonyl (C=O) groups excluding carboxylic acids is 1. The van der Waals surface area contributed by atoms with E-state index in [9.17, 15) is 20.1 Å². The summed E-state index contributed by atoms with van der Waals surface area (Å²) in [6, 6.07) is -0.747. The fourth-order valence-electron chi connectivity index (χ4n) is 1.98. The smallest absolute Gasteiger partial charge is 0.154 e. The molecule has 0 radical (unpaired) electrons. The average molecular weight is 245 g/mol. The molecule has 1 unspecified atom stereocenters. The lowest BCUT2D eigenvalue weighted by molar-refractivity contribution is -0.113. The van der Waals surface area contributed by atoms with E-state index in [0.29, 0.717) is 0 Å². The first-order valence-corrected chi connectivity index (χ1v) is 5.55. The van der Waals surface area contributed by atoms with Crippen LogP contribution >= 0.6 is 0 Å². The Labute approximate surface area is 99.6 Å². The molecule has 6 heteroatoms. The fourth-order valence-corrected chi connectivity index (χ4v) is 1.98. The van der Waals surface area contributed by atoms with E-state index in [1.54, 1.807) is 0 Å². The Morgan fingerprint density at radius 3 is 2.53 bits per heavy atom. The number of allylic oxidation sites excluding steroid dienone is 1. The van der Waals surface area contributed by atoms with Crippen molar-refractivity contribution in [1.29, 1.82) is 0 Å². The number of rotatable bonds is 4. The van der Waals surface area contributed by atoms with E-state index in [1.807, 2.05) is 0 Å². The molecule has 1 aliphatic rings. The summed E-state index contributed by atoms with van der Waals surface area (Å²) in [5, 5.41) is 40.9. The van der Waals surface area contributed by atoms with Crippen LogP contribution in [0.15, 0.2) is 12.3 Å². The highest BCUT2D eigenvalue weighted by atomic mass is 16.3. The molecule has 0 aromatic carbocycles. The van der Waals surface area contributed by atoms with Gasteiger partial charge in [-0.15, -0.1) is 0 Å². The summed E-state index contributed by atoms with van der Waals surface area (Å²) in [4.78, 5) is 10.7. The van der Waals surface area contributed by atoms with E-state index in [4.69, 9.17) is 5.11 Å². The molecule has 17 heavy (non-hydrogen) atoms. The maximum absolute atomic E-state index is 10.7. The topological polar surface area (TPSA) is 110 Å². The van der Waals surface area contributed by atoms with Gasteiger partial charge >= 0.3 is 0 Å². The molecule has 98 valence electrons. The van der Waals surface area contributed by atoms with Crippen LogP contribution in [0.25, 0.3) is 0 Å². The lowest BCUT2D eigenvalue weighted by Gasteiger charge is -2.40. The Balaban J connectivity index is 2.63. The van der Waals surface area contributed by atoms with Crippen LogP contribution in [-0.4, -0.2) is 57.2 Å². The van der Waals surface area contributed by atoms with E-state index in [0.717, 1.165) is 0 Å². The van der Waals surface area contributed by atoms with Gasteiger partial charge in [-0.1, -0.05) is 0 Å². The molecule has 1 fully saturated rings.